The molecule has 128 valence electrons. The lowest BCUT2D eigenvalue weighted by molar-refractivity contribution is -0.231. The number of ether oxygens (including phenoxy) is 3. The van der Waals surface area contributed by atoms with Gasteiger partial charge in [-0.25, -0.2) is 4.79 Å². The van der Waals surface area contributed by atoms with Crippen molar-refractivity contribution in [2.75, 3.05) is 7.11 Å². The molecule has 0 N–H and O–H groups in total. The fraction of sp³-hybridized carbons (Fsp3) is 0.250. The Hall–Kier alpha value is -2.30. The van der Waals surface area contributed by atoms with Gasteiger partial charge in [-0.2, -0.15) is 0 Å². The fourth-order valence-electron chi connectivity index (χ4n) is 3.46. The average Bonchev–Trinajstić information content (AvgIpc) is 2.98. The third-order valence-electron chi connectivity index (χ3n) is 4.67. The summed E-state index contributed by atoms with van der Waals surface area (Å²) in [5.41, 5.74) is 2.98. The van der Waals surface area contributed by atoms with Crippen LogP contribution in [-0.2, 0) is 31.4 Å². The van der Waals surface area contributed by atoms with Gasteiger partial charge in [0.25, 0.3) is 0 Å². The number of hydrogen-bond acceptors (Lipinski definition) is 4. The topological polar surface area (TPSA) is 44.8 Å². The Morgan fingerprint density at radius 1 is 1.24 bits per heavy atom. The first-order valence-corrected chi connectivity index (χ1v) is 8.46. The monoisotopic (exact) mass is 356 g/mol. The number of hydrogen-bond donors (Lipinski definition) is 0. The molecule has 0 aromatic heterocycles. The molecule has 0 fully saturated rings. The highest BCUT2D eigenvalue weighted by atomic mass is 35.5. The molecule has 2 aliphatic rings. The molecule has 2 aromatic carbocycles. The van der Waals surface area contributed by atoms with E-state index in [0.717, 1.165) is 16.7 Å². The lowest BCUT2D eigenvalue weighted by atomic mass is 9.85. The summed E-state index contributed by atoms with van der Waals surface area (Å²) in [6, 6.07) is 15.6. The van der Waals surface area contributed by atoms with Crippen molar-refractivity contribution in [3.8, 4) is 0 Å². The van der Waals surface area contributed by atoms with Gasteiger partial charge in [0.05, 0.1) is 13.7 Å². The maximum absolute atomic E-state index is 12.2. The van der Waals surface area contributed by atoms with Crippen LogP contribution in [0.5, 0.6) is 0 Å². The maximum atomic E-state index is 12.2. The number of carbonyl (C=O) groups is 1. The minimum atomic E-state index is -1.03. The van der Waals surface area contributed by atoms with Crippen LogP contribution in [0.3, 0.4) is 0 Å². The van der Waals surface area contributed by atoms with Crippen molar-refractivity contribution in [1.29, 1.82) is 0 Å². The summed E-state index contributed by atoms with van der Waals surface area (Å²) in [7, 11) is 1.34. The van der Waals surface area contributed by atoms with E-state index in [0.29, 0.717) is 18.1 Å². The van der Waals surface area contributed by atoms with Crippen LogP contribution < -0.4 is 0 Å². The van der Waals surface area contributed by atoms with E-state index >= 15 is 0 Å². The van der Waals surface area contributed by atoms with E-state index in [1.165, 1.54) is 7.11 Å². The van der Waals surface area contributed by atoms with Crippen LogP contribution in [0.25, 0.3) is 0 Å². The fourth-order valence-corrected chi connectivity index (χ4v) is 3.64. The predicted molar refractivity (Wildman–Crippen MR) is 92.9 cm³/mol. The van der Waals surface area contributed by atoms with E-state index in [4.69, 9.17) is 25.8 Å². The summed E-state index contributed by atoms with van der Waals surface area (Å²) in [4.78, 5) is 12.2. The number of rotatable bonds is 2. The average molecular weight is 357 g/mol. The molecule has 4 nitrogen and oxygen atoms in total. The van der Waals surface area contributed by atoms with Crippen molar-refractivity contribution in [2.24, 2.45) is 0 Å². The zero-order chi connectivity index (χ0) is 17.4. The molecule has 4 rings (SSSR count). The van der Waals surface area contributed by atoms with Gasteiger partial charge in [-0.15, -0.1) is 0 Å². The van der Waals surface area contributed by atoms with Gasteiger partial charge in [0, 0.05) is 22.9 Å². The molecule has 0 saturated heterocycles. The van der Waals surface area contributed by atoms with E-state index in [9.17, 15) is 4.79 Å². The van der Waals surface area contributed by atoms with Crippen molar-refractivity contribution in [3.63, 3.8) is 0 Å². The first-order chi connectivity index (χ1) is 12.1. The van der Waals surface area contributed by atoms with E-state index in [-0.39, 0.29) is 11.7 Å². The normalized spacial score (nSPS) is 24.4. The van der Waals surface area contributed by atoms with Crippen LogP contribution in [0.2, 0.25) is 5.02 Å². The Labute approximate surface area is 151 Å². The molecule has 0 amide bonds. The zero-order valence-electron chi connectivity index (χ0n) is 13.7. The number of halogens is 1. The largest absolute Gasteiger partial charge is 0.463 e. The summed E-state index contributed by atoms with van der Waals surface area (Å²) >= 11 is 6.19. The quantitative estimate of drug-likeness (QED) is 0.753. The molecular weight excluding hydrogens is 340 g/mol. The van der Waals surface area contributed by atoms with Gasteiger partial charge in [-0.1, -0.05) is 48.0 Å². The van der Waals surface area contributed by atoms with Crippen molar-refractivity contribution in [1.82, 2.24) is 0 Å². The van der Waals surface area contributed by atoms with E-state index < -0.39 is 11.8 Å². The Morgan fingerprint density at radius 2 is 2.04 bits per heavy atom. The van der Waals surface area contributed by atoms with Gasteiger partial charge in [0.15, 0.2) is 0 Å². The minimum Gasteiger partial charge on any atom is -0.463 e. The number of carbonyl (C=O) groups excluding carboxylic acids is 1. The van der Waals surface area contributed by atoms with Gasteiger partial charge >= 0.3 is 5.97 Å². The second kappa shape index (κ2) is 6.21. The molecule has 0 saturated carbocycles. The molecule has 2 heterocycles. The molecule has 1 spiro atoms. The number of allylic oxidation sites excluding steroid dienone is 1. The molecule has 5 heteroatoms. The van der Waals surface area contributed by atoms with E-state index in [1.807, 2.05) is 48.5 Å². The molecule has 2 aromatic rings. The molecule has 2 atom stereocenters. The van der Waals surface area contributed by atoms with Crippen LogP contribution in [0.1, 0.15) is 29.0 Å². The number of fused-ring (bicyclic) bond motifs is 2. The van der Waals surface area contributed by atoms with E-state index in [1.54, 1.807) is 6.08 Å². The summed E-state index contributed by atoms with van der Waals surface area (Å²) in [6.45, 7) is 0.419. The molecule has 0 radical (unpaired) electrons. The second-order valence-corrected chi connectivity index (χ2v) is 6.63. The summed E-state index contributed by atoms with van der Waals surface area (Å²) in [5.74, 6) is -1.41. The number of benzene rings is 2. The zero-order valence-corrected chi connectivity index (χ0v) is 14.5. The van der Waals surface area contributed by atoms with Crippen LogP contribution in [-0.4, -0.2) is 13.1 Å². The lowest BCUT2D eigenvalue weighted by Crippen LogP contribution is -2.36. The van der Waals surface area contributed by atoms with Crippen LogP contribution in [0.4, 0.5) is 0 Å². The summed E-state index contributed by atoms with van der Waals surface area (Å²) in [6.07, 6.45) is 2.36. The van der Waals surface area contributed by atoms with Crippen molar-refractivity contribution in [2.45, 2.75) is 24.7 Å². The molecule has 0 bridgehead atoms. The molecule has 0 aliphatic carbocycles. The van der Waals surface area contributed by atoms with Gasteiger partial charge < -0.3 is 14.2 Å². The Morgan fingerprint density at radius 3 is 2.80 bits per heavy atom. The first kappa shape index (κ1) is 16.2. The third kappa shape index (κ3) is 2.81. The highest BCUT2D eigenvalue weighted by Crippen LogP contribution is 2.49. The van der Waals surface area contributed by atoms with Crippen LogP contribution in [0.15, 0.2) is 60.4 Å². The minimum absolute atomic E-state index is 0.0334. The predicted octanol–water partition coefficient (Wildman–Crippen LogP) is 4.28. The van der Waals surface area contributed by atoms with Gasteiger partial charge in [-0.3, -0.25) is 0 Å². The lowest BCUT2D eigenvalue weighted by Gasteiger charge is -2.37. The first-order valence-electron chi connectivity index (χ1n) is 8.08. The van der Waals surface area contributed by atoms with Crippen LogP contribution in [0, 0.1) is 0 Å². The Kier molecular flexibility index (Phi) is 4.02. The molecule has 0 unspecified atom stereocenters. The van der Waals surface area contributed by atoms with Gasteiger partial charge in [0.2, 0.25) is 11.5 Å². The number of methoxy groups -OCH3 is 1. The highest BCUT2D eigenvalue weighted by Gasteiger charge is 2.48. The second-order valence-electron chi connectivity index (χ2n) is 6.19. The van der Waals surface area contributed by atoms with Crippen molar-refractivity contribution in [3.05, 3.63) is 82.1 Å². The van der Waals surface area contributed by atoms with Crippen molar-refractivity contribution < 1.29 is 19.0 Å². The molecule has 2 aliphatic heterocycles. The Balaban J connectivity index is 1.80. The molecular formula is C20H17ClO4. The van der Waals surface area contributed by atoms with Gasteiger partial charge in [0.1, 0.15) is 0 Å². The maximum Gasteiger partial charge on any atom is 0.373 e. The van der Waals surface area contributed by atoms with Crippen molar-refractivity contribution >= 4 is 17.6 Å². The summed E-state index contributed by atoms with van der Waals surface area (Å²) in [5, 5.41) is 0.609. The standard InChI is InChI=1S/C20H17ClO4/c1-23-19(22)18-9-15(13-5-3-2-4-6-13)11-20(25-18)17-10-16(21)8-7-14(17)12-24-20/h2-10,15H,11-12H2,1H3/t15-,20+/m0/s1. The van der Waals surface area contributed by atoms with E-state index in [2.05, 4.69) is 0 Å². The third-order valence-corrected chi connectivity index (χ3v) is 4.91. The SMILES string of the molecule is COC(=O)C1=C[C@H](c2ccccc2)C[C@@]2(OCc3ccc(Cl)cc32)O1. The smallest absolute Gasteiger partial charge is 0.373 e. The van der Waals surface area contributed by atoms with Crippen LogP contribution >= 0.6 is 11.6 Å². The van der Waals surface area contributed by atoms with Gasteiger partial charge in [-0.05, 0) is 29.3 Å². The number of esters is 1. The Bertz CT molecular complexity index is 846. The summed E-state index contributed by atoms with van der Waals surface area (Å²) < 4.78 is 17.0. The highest BCUT2D eigenvalue weighted by molar-refractivity contribution is 6.30. The molecule has 25 heavy (non-hydrogen) atoms.